The van der Waals surface area contributed by atoms with E-state index in [1.165, 1.54) is 0 Å². The van der Waals surface area contributed by atoms with Crippen LogP contribution in [-0.2, 0) is 19.0 Å². The van der Waals surface area contributed by atoms with Crippen molar-refractivity contribution >= 4 is 5.97 Å². The summed E-state index contributed by atoms with van der Waals surface area (Å²) < 4.78 is 15.7. The molecule has 6 heteroatoms. The summed E-state index contributed by atoms with van der Waals surface area (Å²) in [5.74, 6) is -0.802. The average Bonchev–Trinajstić information content (AvgIpc) is 2.45. The molecule has 0 spiro atoms. The highest BCUT2D eigenvalue weighted by Gasteiger charge is 2.33. The van der Waals surface area contributed by atoms with Crippen LogP contribution < -0.4 is 5.32 Å². The Morgan fingerprint density at radius 3 is 2.15 bits per heavy atom. The van der Waals surface area contributed by atoms with E-state index in [1.54, 1.807) is 14.2 Å². The predicted molar refractivity (Wildman–Crippen MR) is 77.1 cm³/mol. The minimum absolute atomic E-state index is 0.540. The van der Waals surface area contributed by atoms with E-state index in [2.05, 4.69) is 5.32 Å². The lowest BCUT2D eigenvalue weighted by Crippen LogP contribution is -2.49. The van der Waals surface area contributed by atoms with Crippen LogP contribution >= 0.6 is 0 Å². The van der Waals surface area contributed by atoms with E-state index in [0.29, 0.717) is 52.3 Å². The SMILES string of the molecule is CCC(CCCOCCOCCCOC)(NC)C(=O)O. The van der Waals surface area contributed by atoms with Gasteiger partial charge in [0.25, 0.3) is 0 Å². The third-order valence-corrected chi connectivity index (χ3v) is 3.39. The third-order valence-electron chi connectivity index (χ3n) is 3.39. The predicted octanol–water partition coefficient (Wildman–Crippen LogP) is 1.29. The van der Waals surface area contributed by atoms with Crippen LogP contribution in [0.25, 0.3) is 0 Å². The van der Waals surface area contributed by atoms with Crippen molar-refractivity contribution in [2.24, 2.45) is 0 Å². The molecule has 1 atom stereocenters. The molecule has 120 valence electrons. The highest BCUT2D eigenvalue weighted by atomic mass is 16.5. The van der Waals surface area contributed by atoms with E-state index in [9.17, 15) is 9.90 Å². The molecule has 0 heterocycles. The number of carbonyl (C=O) groups is 1. The van der Waals surface area contributed by atoms with Gasteiger partial charge in [-0.1, -0.05) is 6.92 Å². The van der Waals surface area contributed by atoms with Crippen molar-refractivity contribution in [2.75, 3.05) is 47.2 Å². The van der Waals surface area contributed by atoms with Crippen molar-refractivity contribution in [1.82, 2.24) is 5.32 Å². The topological polar surface area (TPSA) is 77.0 Å². The van der Waals surface area contributed by atoms with Gasteiger partial charge in [-0.05, 0) is 32.7 Å². The largest absolute Gasteiger partial charge is 0.480 e. The molecule has 6 nitrogen and oxygen atoms in total. The number of aliphatic carboxylic acids is 1. The van der Waals surface area contributed by atoms with Gasteiger partial charge in [0.05, 0.1) is 13.2 Å². The van der Waals surface area contributed by atoms with Crippen LogP contribution in [-0.4, -0.2) is 63.8 Å². The highest BCUT2D eigenvalue weighted by Crippen LogP contribution is 2.17. The molecule has 1 unspecified atom stereocenters. The van der Waals surface area contributed by atoms with Crippen LogP contribution in [0.15, 0.2) is 0 Å². The van der Waals surface area contributed by atoms with Gasteiger partial charge in [-0.2, -0.15) is 0 Å². The molecule has 20 heavy (non-hydrogen) atoms. The Morgan fingerprint density at radius 2 is 1.70 bits per heavy atom. The van der Waals surface area contributed by atoms with Crippen LogP contribution in [0.4, 0.5) is 0 Å². The number of carboxylic acid groups (broad SMARTS) is 1. The molecular weight excluding hydrogens is 262 g/mol. The summed E-state index contributed by atoms with van der Waals surface area (Å²) in [5, 5.41) is 12.1. The first-order chi connectivity index (χ1) is 9.63. The fourth-order valence-corrected chi connectivity index (χ4v) is 1.95. The van der Waals surface area contributed by atoms with Gasteiger partial charge in [-0.25, -0.2) is 0 Å². The van der Waals surface area contributed by atoms with Gasteiger partial charge in [0.15, 0.2) is 0 Å². The van der Waals surface area contributed by atoms with Crippen molar-refractivity contribution in [3.63, 3.8) is 0 Å². The molecule has 0 aliphatic heterocycles. The normalized spacial score (nSPS) is 14.2. The van der Waals surface area contributed by atoms with Crippen LogP contribution in [0.1, 0.15) is 32.6 Å². The zero-order valence-corrected chi connectivity index (χ0v) is 12.9. The molecule has 0 aliphatic rings. The first-order valence-electron chi connectivity index (χ1n) is 7.19. The summed E-state index contributed by atoms with van der Waals surface area (Å²) in [6, 6.07) is 0. The number of nitrogens with one attached hydrogen (secondary N) is 1. The molecule has 0 saturated heterocycles. The van der Waals surface area contributed by atoms with E-state index < -0.39 is 11.5 Å². The van der Waals surface area contributed by atoms with Gasteiger partial charge in [-0.15, -0.1) is 0 Å². The zero-order valence-electron chi connectivity index (χ0n) is 12.9. The van der Waals surface area contributed by atoms with Crippen LogP contribution in [0.3, 0.4) is 0 Å². The van der Waals surface area contributed by atoms with E-state index in [-0.39, 0.29) is 0 Å². The Kier molecular flexibility index (Phi) is 11.7. The number of hydrogen-bond acceptors (Lipinski definition) is 5. The Labute approximate surface area is 121 Å². The summed E-state index contributed by atoms with van der Waals surface area (Å²) in [6.07, 6.45) is 2.71. The summed E-state index contributed by atoms with van der Waals surface area (Å²) in [5.41, 5.74) is -0.833. The van der Waals surface area contributed by atoms with Gasteiger partial charge in [0, 0.05) is 26.9 Å². The fraction of sp³-hybridized carbons (Fsp3) is 0.929. The second kappa shape index (κ2) is 12.1. The second-order valence-corrected chi connectivity index (χ2v) is 4.67. The lowest BCUT2D eigenvalue weighted by Gasteiger charge is -2.27. The Balaban J connectivity index is 3.53. The quantitative estimate of drug-likeness (QED) is 0.470. The molecule has 0 bridgehead atoms. The average molecular weight is 291 g/mol. The number of carboxylic acids is 1. The molecule has 0 aliphatic carbocycles. The minimum atomic E-state index is -0.833. The van der Waals surface area contributed by atoms with Crippen LogP contribution in [0.2, 0.25) is 0 Å². The number of rotatable bonds is 14. The smallest absolute Gasteiger partial charge is 0.323 e. The van der Waals surface area contributed by atoms with Gasteiger partial charge in [-0.3, -0.25) is 4.79 Å². The van der Waals surface area contributed by atoms with Crippen LogP contribution in [0.5, 0.6) is 0 Å². The maximum absolute atomic E-state index is 11.2. The first-order valence-corrected chi connectivity index (χ1v) is 7.19. The van der Waals surface area contributed by atoms with E-state index >= 15 is 0 Å². The van der Waals surface area contributed by atoms with Gasteiger partial charge < -0.3 is 24.6 Å². The molecule has 0 rings (SSSR count). The van der Waals surface area contributed by atoms with Crippen molar-refractivity contribution in [3.8, 4) is 0 Å². The first kappa shape index (κ1) is 19.3. The molecule has 0 radical (unpaired) electrons. The van der Waals surface area contributed by atoms with E-state index in [4.69, 9.17) is 14.2 Å². The van der Waals surface area contributed by atoms with Crippen molar-refractivity contribution in [1.29, 1.82) is 0 Å². The van der Waals surface area contributed by atoms with Crippen molar-refractivity contribution < 1.29 is 24.1 Å². The standard InChI is InChI=1S/C14H29NO5/c1-4-14(15-2,13(16)17)7-5-9-19-11-12-20-10-6-8-18-3/h15H,4-12H2,1-3H3,(H,16,17). The number of hydrogen-bond donors (Lipinski definition) is 2. The molecular formula is C14H29NO5. The monoisotopic (exact) mass is 291 g/mol. The summed E-state index contributed by atoms with van der Waals surface area (Å²) in [7, 11) is 3.36. The lowest BCUT2D eigenvalue weighted by molar-refractivity contribution is -0.145. The Bertz CT molecular complexity index is 244. The molecule has 2 N–H and O–H groups in total. The number of likely N-dealkylation sites (N-methyl/N-ethyl adjacent to an activating group) is 1. The molecule has 0 aromatic rings. The Morgan fingerprint density at radius 1 is 1.10 bits per heavy atom. The molecule has 0 amide bonds. The fourth-order valence-electron chi connectivity index (χ4n) is 1.95. The lowest BCUT2D eigenvalue weighted by atomic mass is 9.91. The van der Waals surface area contributed by atoms with Gasteiger partial charge >= 0.3 is 5.97 Å². The second-order valence-electron chi connectivity index (χ2n) is 4.67. The summed E-state index contributed by atoms with van der Waals surface area (Å²) >= 11 is 0. The van der Waals surface area contributed by atoms with E-state index in [1.807, 2.05) is 6.92 Å². The number of ether oxygens (including phenoxy) is 3. The summed E-state index contributed by atoms with van der Waals surface area (Å²) in [4.78, 5) is 11.2. The van der Waals surface area contributed by atoms with Gasteiger partial charge in [0.2, 0.25) is 0 Å². The van der Waals surface area contributed by atoms with Gasteiger partial charge in [0.1, 0.15) is 5.54 Å². The minimum Gasteiger partial charge on any atom is -0.480 e. The molecule has 0 aromatic carbocycles. The third kappa shape index (κ3) is 7.79. The van der Waals surface area contributed by atoms with Crippen molar-refractivity contribution in [3.05, 3.63) is 0 Å². The molecule has 0 fully saturated rings. The van der Waals surface area contributed by atoms with Crippen LogP contribution in [0, 0.1) is 0 Å². The molecule has 0 saturated carbocycles. The van der Waals surface area contributed by atoms with E-state index in [0.717, 1.165) is 6.42 Å². The number of methoxy groups -OCH3 is 1. The Hall–Kier alpha value is -0.690. The summed E-state index contributed by atoms with van der Waals surface area (Å²) in [6.45, 7) is 4.91. The highest BCUT2D eigenvalue weighted by molar-refractivity contribution is 5.78. The van der Waals surface area contributed by atoms with Crippen molar-refractivity contribution in [2.45, 2.75) is 38.1 Å². The maximum atomic E-state index is 11.2. The molecule has 0 aromatic heterocycles. The zero-order chi connectivity index (χ0) is 15.3. The maximum Gasteiger partial charge on any atom is 0.323 e.